The van der Waals surface area contributed by atoms with Gasteiger partial charge in [-0.05, 0) is 48.7 Å². The Morgan fingerprint density at radius 2 is 2.00 bits per heavy atom. The number of hydrogen-bond acceptors (Lipinski definition) is 4. The number of hydrogen-bond donors (Lipinski definition) is 4. The van der Waals surface area contributed by atoms with E-state index in [1.54, 1.807) is 0 Å². The number of amides is 3. The number of rotatable bonds is 8. The van der Waals surface area contributed by atoms with E-state index in [1.165, 1.54) is 6.92 Å². The van der Waals surface area contributed by atoms with Crippen molar-refractivity contribution >= 4 is 34.3 Å². The average molecular weight is 448 g/mol. The molecule has 1 saturated heterocycles. The third-order valence-electron chi connectivity index (χ3n) is 6.07. The van der Waals surface area contributed by atoms with Crippen LogP contribution in [0.5, 0.6) is 0 Å². The highest BCUT2D eigenvalue weighted by molar-refractivity contribution is 5.97. The molecule has 8 heteroatoms. The molecule has 0 spiro atoms. The first kappa shape index (κ1) is 22.5. The summed E-state index contributed by atoms with van der Waals surface area (Å²) in [7, 11) is 0. The van der Waals surface area contributed by atoms with Crippen molar-refractivity contribution in [1.82, 2.24) is 15.2 Å². The van der Waals surface area contributed by atoms with Crippen LogP contribution in [0.1, 0.15) is 30.9 Å². The van der Waals surface area contributed by atoms with E-state index in [9.17, 15) is 14.4 Å². The van der Waals surface area contributed by atoms with Crippen LogP contribution in [-0.4, -0.2) is 46.2 Å². The molecule has 3 aromatic rings. The second kappa shape index (κ2) is 9.87. The summed E-state index contributed by atoms with van der Waals surface area (Å²) in [6, 6.07) is 14.4. The van der Waals surface area contributed by atoms with E-state index in [-0.39, 0.29) is 23.8 Å². The Morgan fingerprint density at radius 3 is 2.79 bits per heavy atom. The van der Waals surface area contributed by atoms with Gasteiger partial charge in [0, 0.05) is 42.7 Å². The second-order valence-electron chi connectivity index (χ2n) is 8.54. The molecule has 0 radical (unpaired) electrons. The molecule has 0 aliphatic carbocycles. The van der Waals surface area contributed by atoms with Crippen molar-refractivity contribution < 1.29 is 14.4 Å². The second-order valence-corrected chi connectivity index (χ2v) is 8.54. The van der Waals surface area contributed by atoms with Crippen molar-refractivity contribution in [3.05, 3.63) is 65.9 Å². The summed E-state index contributed by atoms with van der Waals surface area (Å²) in [5, 5.41) is 6.73. The zero-order valence-electron chi connectivity index (χ0n) is 18.6. The first-order valence-corrected chi connectivity index (χ1v) is 11.2. The molecule has 4 rings (SSSR count). The highest BCUT2D eigenvalue weighted by atomic mass is 16.2. The van der Waals surface area contributed by atoms with Gasteiger partial charge in [0.1, 0.15) is 6.04 Å². The molecule has 0 saturated carbocycles. The van der Waals surface area contributed by atoms with Gasteiger partial charge < -0.3 is 21.4 Å². The molecular weight excluding hydrogens is 418 g/mol. The molecule has 2 aromatic carbocycles. The molecule has 1 aliphatic heterocycles. The molecule has 2 heterocycles. The van der Waals surface area contributed by atoms with E-state index in [1.807, 2.05) is 54.7 Å². The van der Waals surface area contributed by atoms with Gasteiger partial charge in [-0.1, -0.05) is 30.3 Å². The van der Waals surface area contributed by atoms with Gasteiger partial charge >= 0.3 is 0 Å². The van der Waals surface area contributed by atoms with Crippen molar-refractivity contribution in [3.8, 4) is 0 Å². The number of nitrogens with zero attached hydrogens (tertiary/aromatic N) is 1. The molecule has 0 bridgehead atoms. The molecule has 1 aliphatic rings. The fraction of sp³-hybridized carbons (Fsp3) is 0.320. The van der Waals surface area contributed by atoms with Crippen LogP contribution in [0.4, 0.5) is 5.69 Å². The number of benzene rings is 2. The van der Waals surface area contributed by atoms with Gasteiger partial charge in [0.15, 0.2) is 0 Å². The summed E-state index contributed by atoms with van der Waals surface area (Å²) < 4.78 is 0. The maximum absolute atomic E-state index is 13.1. The van der Waals surface area contributed by atoms with Gasteiger partial charge in [0.2, 0.25) is 17.7 Å². The topological polar surface area (TPSA) is 120 Å². The minimum Gasteiger partial charge on any atom is -0.368 e. The van der Waals surface area contributed by atoms with Crippen molar-refractivity contribution in [1.29, 1.82) is 0 Å². The van der Waals surface area contributed by atoms with E-state index < -0.39 is 6.04 Å². The Morgan fingerprint density at radius 1 is 1.18 bits per heavy atom. The van der Waals surface area contributed by atoms with Crippen molar-refractivity contribution in [2.24, 2.45) is 5.73 Å². The lowest BCUT2D eigenvalue weighted by Crippen LogP contribution is -2.44. The molecule has 1 fully saturated rings. The molecule has 33 heavy (non-hydrogen) atoms. The number of aromatic amines is 1. The summed E-state index contributed by atoms with van der Waals surface area (Å²) in [5.41, 5.74) is 9.09. The molecule has 1 aromatic heterocycles. The standard InChI is InChI=1S/C25H29N5O3/c1-16(31)28-22(13-18-14-27-21-9-3-2-8-20(18)21)25(33)29-19-7-4-6-17(12-19)15-30-11-5-10-23(30)24(26)32/h2-4,6-9,12,14,22-23,27H,5,10-11,13,15H2,1H3,(H2,26,32)(H,28,31)(H,29,33). The van der Waals surface area contributed by atoms with Crippen molar-refractivity contribution in [3.63, 3.8) is 0 Å². The van der Waals surface area contributed by atoms with Crippen LogP contribution in [0.2, 0.25) is 0 Å². The summed E-state index contributed by atoms with van der Waals surface area (Å²) in [4.78, 5) is 41.8. The Hall–Kier alpha value is -3.65. The van der Waals surface area contributed by atoms with Crippen LogP contribution >= 0.6 is 0 Å². The first-order valence-electron chi connectivity index (χ1n) is 11.2. The van der Waals surface area contributed by atoms with Crippen LogP contribution < -0.4 is 16.4 Å². The lowest BCUT2D eigenvalue weighted by Gasteiger charge is -2.22. The van der Waals surface area contributed by atoms with Gasteiger partial charge in [-0.15, -0.1) is 0 Å². The number of nitrogens with one attached hydrogen (secondary N) is 3. The Labute approximate surface area is 192 Å². The quantitative estimate of drug-likeness (QED) is 0.423. The number of carbonyl (C=O) groups excluding carboxylic acids is 3. The van der Waals surface area contributed by atoms with Gasteiger partial charge in [-0.25, -0.2) is 0 Å². The molecule has 5 N–H and O–H groups in total. The third kappa shape index (κ3) is 5.40. The fourth-order valence-corrected chi connectivity index (χ4v) is 4.52. The number of primary amides is 1. The first-order chi connectivity index (χ1) is 15.9. The maximum atomic E-state index is 13.1. The highest BCUT2D eigenvalue weighted by Gasteiger charge is 2.29. The number of para-hydroxylation sites is 1. The lowest BCUT2D eigenvalue weighted by atomic mass is 10.0. The summed E-state index contributed by atoms with van der Waals surface area (Å²) in [6.45, 7) is 2.81. The number of nitrogens with two attached hydrogens (primary N) is 1. The molecule has 2 atom stereocenters. The van der Waals surface area contributed by atoms with Gasteiger partial charge in [-0.2, -0.15) is 0 Å². The van der Waals surface area contributed by atoms with E-state index in [2.05, 4.69) is 20.5 Å². The predicted octanol–water partition coefficient (Wildman–Crippen LogP) is 2.30. The van der Waals surface area contributed by atoms with E-state index in [4.69, 9.17) is 5.73 Å². The Kier molecular flexibility index (Phi) is 6.74. The number of carbonyl (C=O) groups is 3. The molecule has 8 nitrogen and oxygen atoms in total. The number of aromatic nitrogens is 1. The Balaban J connectivity index is 1.47. The van der Waals surface area contributed by atoms with Crippen LogP contribution in [-0.2, 0) is 27.3 Å². The number of likely N-dealkylation sites (tertiary alicyclic amines) is 1. The fourth-order valence-electron chi connectivity index (χ4n) is 4.52. The van der Waals surface area contributed by atoms with Crippen LogP contribution in [0.25, 0.3) is 10.9 Å². The maximum Gasteiger partial charge on any atom is 0.247 e. The molecular formula is C25H29N5O3. The van der Waals surface area contributed by atoms with Crippen LogP contribution in [0.15, 0.2) is 54.7 Å². The van der Waals surface area contributed by atoms with E-state index >= 15 is 0 Å². The third-order valence-corrected chi connectivity index (χ3v) is 6.07. The molecule has 3 amide bonds. The normalized spacial score (nSPS) is 17.1. The monoisotopic (exact) mass is 447 g/mol. The average Bonchev–Trinajstić information content (AvgIpc) is 3.40. The number of H-pyrrole nitrogens is 1. The number of anilines is 1. The van der Waals surface area contributed by atoms with E-state index in [0.29, 0.717) is 18.7 Å². The van der Waals surface area contributed by atoms with Crippen molar-refractivity contribution in [2.75, 3.05) is 11.9 Å². The zero-order chi connectivity index (χ0) is 23.4. The largest absolute Gasteiger partial charge is 0.368 e. The Bertz CT molecular complexity index is 1170. The lowest BCUT2D eigenvalue weighted by molar-refractivity contribution is -0.125. The van der Waals surface area contributed by atoms with Gasteiger partial charge in [0.05, 0.1) is 6.04 Å². The number of fused-ring (bicyclic) bond motifs is 1. The van der Waals surface area contributed by atoms with Gasteiger partial charge in [0.25, 0.3) is 0 Å². The van der Waals surface area contributed by atoms with Crippen LogP contribution in [0.3, 0.4) is 0 Å². The van der Waals surface area contributed by atoms with Gasteiger partial charge in [-0.3, -0.25) is 19.3 Å². The summed E-state index contributed by atoms with van der Waals surface area (Å²) in [5.74, 6) is -0.855. The minimum atomic E-state index is -0.719. The van der Waals surface area contributed by atoms with E-state index in [0.717, 1.165) is 41.4 Å². The summed E-state index contributed by atoms with van der Waals surface area (Å²) >= 11 is 0. The zero-order valence-corrected chi connectivity index (χ0v) is 18.6. The molecule has 2 unspecified atom stereocenters. The smallest absolute Gasteiger partial charge is 0.247 e. The van der Waals surface area contributed by atoms with Crippen molar-refractivity contribution in [2.45, 2.75) is 44.8 Å². The minimum absolute atomic E-state index is 0.247. The SMILES string of the molecule is CC(=O)NC(Cc1c[nH]c2ccccc12)C(=O)Nc1cccc(CN2CCCC2C(N)=O)c1. The highest BCUT2D eigenvalue weighted by Crippen LogP contribution is 2.22. The molecule has 172 valence electrons. The van der Waals surface area contributed by atoms with Crippen LogP contribution in [0, 0.1) is 0 Å². The summed E-state index contributed by atoms with van der Waals surface area (Å²) in [6.07, 6.45) is 3.95. The predicted molar refractivity (Wildman–Crippen MR) is 127 cm³/mol.